The van der Waals surface area contributed by atoms with Crippen molar-refractivity contribution in [3.63, 3.8) is 0 Å². The van der Waals surface area contributed by atoms with Gasteiger partial charge >= 0.3 is 6.09 Å². The van der Waals surface area contributed by atoms with Gasteiger partial charge in [-0.2, -0.15) is 0 Å². The summed E-state index contributed by atoms with van der Waals surface area (Å²) in [6.07, 6.45) is 7.51. The number of benzene rings is 1. The van der Waals surface area contributed by atoms with Crippen molar-refractivity contribution in [1.29, 1.82) is 0 Å². The maximum absolute atomic E-state index is 11.5. The number of hydrogen-bond donors (Lipinski definition) is 1. The van der Waals surface area contributed by atoms with Gasteiger partial charge in [-0.15, -0.1) is 0 Å². The van der Waals surface area contributed by atoms with E-state index in [2.05, 4.69) is 5.32 Å². The molecule has 0 aromatic heterocycles. The summed E-state index contributed by atoms with van der Waals surface area (Å²) in [5, 5.41) is 2.70. The molecule has 3 heteroatoms. The minimum atomic E-state index is -0.411. The van der Waals surface area contributed by atoms with Gasteiger partial charge in [0.1, 0.15) is 6.61 Å². The fraction of sp³-hybridized carbons (Fsp3) is 0.214. The number of carbonyl (C=O) groups excluding carboxylic acids is 1. The second kappa shape index (κ2) is 5.89. The number of alkyl carbamates (subject to hydrolysis) is 1. The maximum atomic E-state index is 11.5. The molecule has 0 saturated heterocycles. The van der Waals surface area contributed by atoms with Crippen LogP contribution in [0, 0.1) is 0 Å². The largest absolute Gasteiger partial charge is 0.444 e. The Hall–Kier alpha value is -2.03. The van der Waals surface area contributed by atoms with Gasteiger partial charge < -0.3 is 4.74 Å². The minimum Gasteiger partial charge on any atom is -0.444 e. The molecule has 0 heterocycles. The van der Waals surface area contributed by atoms with Crippen LogP contribution in [0.1, 0.15) is 18.4 Å². The van der Waals surface area contributed by atoms with Crippen LogP contribution in [0.4, 0.5) is 4.79 Å². The fourth-order valence-electron chi connectivity index (χ4n) is 1.58. The summed E-state index contributed by atoms with van der Waals surface area (Å²) in [5.74, 6) is 0. The van der Waals surface area contributed by atoms with Crippen LogP contribution in [0.15, 0.2) is 54.3 Å². The first-order valence-corrected chi connectivity index (χ1v) is 5.69. The van der Waals surface area contributed by atoms with E-state index in [0.29, 0.717) is 6.61 Å². The highest BCUT2D eigenvalue weighted by Crippen LogP contribution is 2.07. The smallest absolute Gasteiger partial charge is 0.411 e. The molecule has 0 aliphatic heterocycles. The van der Waals surface area contributed by atoms with Crippen molar-refractivity contribution >= 4 is 6.09 Å². The third kappa shape index (κ3) is 3.79. The quantitative estimate of drug-likeness (QED) is 0.864. The van der Waals surface area contributed by atoms with Crippen molar-refractivity contribution in [2.24, 2.45) is 0 Å². The lowest BCUT2D eigenvalue weighted by Crippen LogP contribution is -2.23. The van der Waals surface area contributed by atoms with Crippen molar-refractivity contribution in [3.05, 3.63) is 59.8 Å². The van der Waals surface area contributed by atoms with E-state index >= 15 is 0 Å². The van der Waals surface area contributed by atoms with E-state index < -0.39 is 6.09 Å². The number of carbonyl (C=O) groups is 1. The predicted molar refractivity (Wildman–Crippen MR) is 66.2 cm³/mol. The van der Waals surface area contributed by atoms with Gasteiger partial charge in [0, 0.05) is 5.70 Å². The maximum Gasteiger partial charge on any atom is 0.411 e. The van der Waals surface area contributed by atoms with Gasteiger partial charge in [-0.1, -0.05) is 42.5 Å². The summed E-state index contributed by atoms with van der Waals surface area (Å²) >= 11 is 0. The van der Waals surface area contributed by atoms with Crippen LogP contribution in [0.5, 0.6) is 0 Å². The third-order valence-corrected chi connectivity index (χ3v) is 2.45. The molecule has 1 aliphatic carbocycles. The second-order valence-electron chi connectivity index (χ2n) is 3.83. The van der Waals surface area contributed by atoms with Crippen LogP contribution in [-0.4, -0.2) is 6.09 Å². The second-order valence-corrected chi connectivity index (χ2v) is 3.83. The first kappa shape index (κ1) is 11.5. The molecule has 1 amide bonds. The van der Waals surface area contributed by atoms with Gasteiger partial charge in [-0.05, 0) is 24.5 Å². The van der Waals surface area contributed by atoms with Gasteiger partial charge in [0.2, 0.25) is 0 Å². The molecule has 0 spiro atoms. The van der Waals surface area contributed by atoms with Crippen molar-refractivity contribution in [2.75, 3.05) is 0 Å². The Morgan fingerprint density at radius 1 is 1.24 bits per heavy atom. The topological polar surface area (TPSA) is 38.3 Å². The summed E-state index contributed by atoms with van der Waals surface area (Å²) in [7, 11) is 0. The highest BCUT2D eigenvalue weighted by molar-refractivity contribution is 5.70. The molecule has 0 unspecified atom stereocenters. The molecule has 3 nitrogen and oxygen atoms in total. The lowest BCUT2D eigenvalue weighted by atomic mass is 10.1. The van der Waals surface area contributed by atoms with E-state index in [9.17, 15) is 4.79 Å². The fourth-order valence-corrected chi connectivity index (χ4v) is 1.58. The highest BCUT2D eigenvalue weighted by Gasteiger charge is 2.05. The molecule has 0 saturated carbocycles. The van der Waals surface area contributed by atoms with Gasteiger partial charge in [0.15, 0.2) is 0 Å². The van der Waals surface area contributed by atoms with Gasteiger partial charge in [-0.3, -0.25) is 5.32 Å². The van der Waals surface area contributed by atoms with Gasteiger partial charge in [-0.25, -0.2) is 4.79 Å². The third-order valence-electron chi connectivity index (χ3n) is 2.45. The van der Waals surface area contributed by atoms with E-state index in [1.54, 1.807) is 0 Å². The number of nitrogens with one attached hydrogen (secondary N) is 1. The van der Waals surface area contributed by atoms with Crippen molar-refractivity contribution in [3.8, 4) is 0 Å². The molecule has 2 rings (SSSR count). The number of ether oxygens (including phenoxy) is 1. The summed E-state index contributed by atoms with van der Waals surface area (Å²) in [6, 6.07) is 9.62. The van der Waals surface area contributed by atoms with Crippen LogP contribution < -0.4 is 5.32 Å². The average Bonchev–Trinajstić information content (AvgIpc) is 2.39. The normalized spacial score (nSPS) is 14.0. The Labute approximate surface area is 101 Å². The molecule has 1 aromatic carbocycles. The molecule has 0 atom stereocenters. The van der Waals surface area contributed by atoms with Crippen molar-refractivity contribution in [2.45, 2.75) is 19.4 Å². The summed E-state index contributed by atoms with van der Waals surface area (Å²) < 4.78 is 5.11. The predicted octanol–water partition coefficient (Wildman–Crippen LogP) is 3.15. The van der Waals surface area contributed by atoms with Crippen LogP contribution in [0.25, 0.3) is 0 Å². The molecule has 1 N–H and O–H groups in total. The Morgan fingerprint density at radius 3 is 2.76 bits per heavy atom. The van der Waals surface area contributed by atoms with E-state index in [4.69, 9.17) is 4.74 Å². The van der Waals surface area contributed by atoms with Crippen LogP contribution in [-0.2, 0) is 11.3 Å². The Bertz CT molecular complexity index is 435. The summed E-state index contributed by atoms with van der Waals surface area (Å²) in [6.45, 7) is 0.295. The van der Waals surface area contributed by atoms with Crippen molar-refractivity contribution in [1.82, 2.24) is 5.32 Å². The molecule has 0 fully saturated rings. The zero-order valence-electron chi connectivity index (χ0n) is 9.56. The van der Waals surface area contributed by atoms with E-state index in [1.807, 2.05) is 48.6 Å². The van der Waals surface area contributed by atoms with Gasteiger partial charge in [0.05, 0.1) is 0 Å². The van der Waals surface area contributed by atoms with Crippen LogP contribution in [0.3, 0.4) is 0 Å². The standard InChI is InChI=1S/C14H15NO2/c16-14(15-13-9-5-2-6-10-13)17-11-12-7-3-1-4-8-12/h1,3-5,7-10H,2,6,11H2,(H,15,16). The summed E-state index contributed by atoms with van der Waals surface area (Å²) in [4.78, 5) is 11.5. The first-order valence-electron chi connectivity index (χ1n) is 5.69. The number of rotatable bonds is 3. The van der Waals surface area contributed by atoms with E-state index in [-0.39, 0.29) is 0 Å². The first-order chi connectivity index (χ1) is 8.34. The SMILES string of the molecule is O=C(NC1=CCCC=C1)OCc1ccccc1. The molecule has 17 heavy (non-hydrogen) atoms. The molecule has 88 valence electrons. The highest BCUT2D eigenvalue weighted by atomic mass is 16.5. The molecular weight excluding hydrogens is 214 g/mol. The van der Waals surface area contributed by atoms with Gasteiger partial charge in [0.25, 0.3) is 0 Å². The van der Waals surface area contributed by atoms with Crippen molar-refractivity contribution < 1.29 is 9.53 Å². The Morgan fingerprint density at radius 2 is 2.06 bits per heavy atom. The average molecular weight is 229 g/mol. The molecule has 0 radical (unpaired) electrons. The van der Waals surface area contributed by atoms with Crippen LogP contribution >= 0.6 is 0 Å². The zero-order chi connectivity index (χ0) is 11.9. The Kier molecular flexibility index (Phi) is 3.97. The van der Waals surface area contributed by atoms with E-state index in [1.165, 1.54) is 0 Å². The Balaban J connectivity index is 1.78. The molecule has 0 bridgehead atoms. The minimum absolute atomic E-state index is 0.295. The number of amides is 1. The lowest BCUT2D eigenvalue weighted by Gasteiger charge is -2.09. The molecular formula is C14H15NO2. The lowest BCUT2D eigenvalue weighted by molar-refractivity contribution is 0.143. The molecule has 1 aliphatic rings. The zero-order valence-corrected chi connectivity index (χ0v) is 9.56. The molecule has 1 aromatic rings. The van der Waals surface area contributed by atoms with E-state index in [0.717, 1.165) is 24.1 Å². The number of allylic oxidation sites excluding steroid dienone is 3. The van der Waals surface area contributed by atoms with Crippen LogP contribution in [0.2, 0.25) is 0 Å². The monoisotopic (exact) mass is 229 g/mol. The summed E-state index contributed by atoms with van der Waals surface area (Å²) in [5.41, 5.74) is 1.80. The number of hydrogen-bond acceptors (Lipinski definition) is 2.